The number of halogens is 2. The molecule has 0 aliphatic rings. The SMILES string of the molecule is CC(N)C(=O)NCc1ccc(Cn2cncn2)cc1.Cl.Cl. The Bertz CT molecular complexity index is 528. The molecule has 8 heteroatoms. The summed E-state index contributed by atoms with van der Waals surface area (Å²) < 4.78 is 1.76. The average molecular weight is 332 g/mol. The number of aromatic nitrogens is 3. The smallest absolute Gasteiger partial charge is 0.236 e. The lowest BCUT2D eigenvalue weighted by Gasteiger charge is -2.08. The second-order valence-corrected chi connectivity index (χ2v) is 4.42. The zero-order valence-electron chi connectivity index (χ0n) is 11.6. The number of hydrogen-bond acceptors (Lipinski definition) is 4. The van der Waals surface area contributed by atoms with Crippen LogP contribution in [0.3, 0.4) is 0 Å². The van der Waals surface area contributed by atoms with E-state index in [2.05, 4.69) is 15.4 Å². The summed E-state index contributed by atoms with van der Waals surface area (Å²) in [6, 6.07) is 7.50. The molecule has 0 radical (unpaired) electrons. The van der Waals surface area contributed by atoms with E-state index in [1.165, 1.54) is 6.33 Å². The molecule has 21 heavy (non-hydrogen) atoms. The molecule has 6 nitrogen and oxygen atoms in total. The van der Waals surface area contributed by atoms with E-state index < -0.39 is 6.04 Å². The minimum absolute atomic E-state index is 0. The molecule has 0 spiro atoms. The second kappa shape index (κ2) is 9.33. The fraction of sp³-hybridized carbons (Fsp3) is 0.308. The number of carbonyl (C=O) groups excluding carboxylic acids is 1. The van der Waals surface area contributed by atoms with Gasteiger partial charge in [0.2, 0.25) is 5.91 Å². The van der Waals surface area contributed by atoms with E-state index in [9.17, 15) is 4.79 Å². The number of nitrogens with two attached hydrogens (primary N) is 1. The van der Waals surface area contributed by atoms with Gasteiger partial charge in [-0.2, -0.15) is 5.10 Å². The molecule has 0 fully saturated rings. The van der Waals surface area contributed by atoms with E-state index >= 15 is 0 Å². The van der Waals surface area contributed by atoms with Gasteiger partial charge in [0.25, 0.3) is 0 Å². The van der Waals surface area contributed by atoms with Gasteiger partial charge in [0.05, 0.1) is 12.6 Å². The van der Waals surface area contributed by atoms with Crippen molar-refractivity contribution in [1.82, 2.24) is 20.1 Å². The minimum Gasteiger partial charge on any atom is -0.351 e. The Kier molecular flexibility index (Phi) is 8.61. The van der Waals surface area contributed by atoms with Crippen molar-refractivity contribution in [3.05, 3.63) is 48.0 Å². The highest BCUT2D eigenvalue weighted by Crippen LogP contribution is 2.05. The summed E-state index contributed by atoms with van der Waals surface area (Å²) in [5, 5.41) is 6.82. The third kappa shape index (κ3) is 6.12. The molecule has 1 heterocycles. The van der Waals surface area contributed by atoms with Crippen LogP contribution in [0.4, 0.5) is 0 Å². The lowest BCUT2D eigenvalue weighted by molar-refractivity contribution is -0.122. The second-order valence-electron chi connectivity index (χ2n) is 4.42. The first kappa shape index (κ1) is 19.4. The van der Waals surface area contributed by atoms with Gasteiger partial charge in [-0.15, -0.1) is 24.8 Å². The Hall–Kier alpha value is -1.63. The molecular formula is C13H19Cl2N5O. The van der Waals surface area contributed by atoms with Crippen LogP contribution in [-0.2, 0) is 17.9 Å². The van der Waals surface area contributed by atoms with Gasteiger partial charge in [-0.25, -0.2) is 9.67 Å². The summed E-state index contributed by atoms with van der Waals surface area (Å²) in [6.45, 7) is 2.84. The molecule has 3 N–H and O–H groups in total. The maximum atomic E-state index is 11.3. The summed E-state index contributed by atoms with van der Waals surface area (Å²) in [7, 11) is 0. The monoisotopic (exact) mass is 331 g/mol. The third-order valence-electron chi connectivity index (χ3n) is 2.71. The highest BCUT2D eigenvalue weighted by atomic mass is 35.5. The van der Waals surface area contributed by atoms with E-state index in [1.807, 2.05) is 24.3 Å². The van der Waals surface area contributed by atoms with Crippen molar-refractivity contribution >= 4 is 30.7 Å². The topological polar surface area (TPSA) is 85.8 Å². The van der Waals surface area contributed by atoms with E-state index in [0.29, 0.717) is 13.1 Å². The maximum Gasteiger partial charge on any atom is 0.236 e. The van der Waals surface area contributed by atoms with E-state index in [1.54, 1.807) is 17.9 Å². The number of nitrogens with one attached hydrogen (secondary N) is 1. The number of amides is 1. The van der Waals surface area contributed by atoms with Crippen LogP contribution >= 0.6 is 24.8 Å². The van der Waals surface area contributed by atoms with Crippen molar-refractivity contribution in [2.45, 2.75) is 26.1 Å². The molecule has 116 valence electrons. The van der Waals surface area contributed by atoms with Crippen molar-refractivity contribution in [2.24, 2.45) is 5.73 Å². The highest BCUT2D eigenvalue weighted by Gasteiger charge is 2.06. The highest BCUT2D eigenvalue weighted by molar-refractivity contribution is 5.85. The summed E-state index contributed by atoms with van der Waals surface area (Å²) >= 11 is 0. The Morgan fingerprint density at radius 2 is 1.90 bits per heavy atom. The molecule has 1 aromatic heterocycles. The number of rotatable bonds is 5. The van der Waals surface area contributed by atoms with Crippen LogP contribution in [0.25, 0.3) is 0 Å². The zero-order valence-corrected chi connectivity index (χ0v) is 13.2. The molecule has 1 aromatic carbocycles. The first-order chi connectivity index (χ1) is 9.15. The Labute approximate surface area is 135 Å². The molecule has 0 bridgehead atoms. The van der Waals surface area contributed by atoms with Crippen LogP contribution in [0, 0.1) is 0 Å². The van der Waals surface area contributed by atoms with E-state index in [4.69, 9.17) is 5.73 Å². The zero-order chi connectivity index (χ0) is 13.7. The molecule has 0 aliphatic carbocycles. The predicted molar refractivity (Wildman–Crippen MR) is 85.6 cm³/mol. The number of hydrogen-bond donors (Lipinski definition) is 2. The number of carbonyl (C=O) groups is 1. The number of benzene rings is 1. The van der Waals surface area contributed by atoms with Crippen LogP contribution in [0.1, 0.15) is 18.1 Å². The summed E-state index contributed by atoms with van der Waals surface area (Å²) in [5.41, 5.74) is 7.64. The van der Waals surface area contributed by atoms with Crippen molar-refractivity contribution in [3.8, 4) is 0 Å². The first-order valence-electron chi connectivity index (χ1n) is 6.08. The molecule has 2 aromatic rings. The molecule has 1 amide bonds. The Morgan fingerprint density at radius 1 is 1.29 bits per heavy atom. The Balaban J connectivity index is 0.00000200. The van der Waals surface area contributed by atoms with E-state index in [-0.39, 0.29) is 30.7 Å². The van der Waals surface area contributed by atoms with Gasteiger partial charge in [0, 0.05) is 6.54 Å². The van der Waals surface area contributed by atoms with Gasteiger partial charge in [-0.1, -0.05) is 24.3 Å². The molecule has 1 atom stereocenters. The summed E-state index contributed by atoms with van der Waals surface area (Å²) in [6.07, 6.45) is 3.19. The molecule has 0 saturated carbocycles. The largest absolute Gasteiger partial charge is 0.351 e. The first-order valence-corrected chi connectivity index (χ1v) is 6.08. The van der Waals surface area contributed by atoms with Gasteiger partial charge in [-0.3, -0.25) is 4.79 Å². The van der Waals surface area contributed by atoms with Gasteiger partial charge >= 0.3 is 0 Å². The summed E-state index contributed by atoms with van der Waals surface area (Å²) in [4.78, 5) is 15.2. The van der Waals surface area contributed by atoms with Crippen molar-refractivity contribution in [3.63, 3.8) is 0 Å². The van der Waals surface area contributed by atoms with Crippen molar-refractivity contribution < 1.29 is 4.79 Å². The maximum absolute atomic E-state index is 11.3. The molecule has 0 saturated heterocycles. The summed E-state index contributed by atoms with van der Waals surface area (Å²) in [5.74, 6) is -0.147. The molecule has 1 unspecified atom stereocenters. The van der Waals surface area contributed by atoms with Gasteiger partial charge in [0.15, 0.2) is 0 Å². The average Bonchev–Trinajstić information content (AvgIpc) is 2.90. The number of nitrogens with zero attached hydrogens (tertiary/aromatic N) is 3. The van der Waals surface area contributed by atoms with Crippen LogP contribution in [0.2, 0.25) is 0 Å². The van der Waals surface area contributed by atoms with Crippen molar-refractivity contribution in [1.29, 1.82) is 0 Å². The quantitative estimate of drug-likeness (QED) is 0.860. The standard InChI is InChI=1S/C13H17N5O.2ClH/c1-10(14)13(19)16-6-11-2-4-12(5-3-11)7-18-9-15-8-17-18;;/h2-5,8-10H,6-7,14H2,1H3,(H,16,19);2*1H. The van der Waals surface area contributed by atoms with Gasteiger partial charge in [0.1, 0.15) is 12.7 Å². The predicted octanol–water partition coefficient (Wildman–Crippen LogP) is 1.13. The van der Waals surface area contributed by atoms with Crippen molar-refractivity contribution in [2.75, 3.05) is 0 Å². The fourth-order valence-electron chi connectivity index (χ4n) is 1.61. The minimum atomic E-state index is -0.480. The molecular weight excluding hydrogens is 313 g/mol. The normalized spacial score (nSPS) is 11.0. The van der Waals surface area contributed by atoms with Crippen LogP contribution in [0.5, 0.6) is 0 Å². The van der Waals surface area contributed by atoms with Gasteiger partial charge < -0.3 is 11.1 Å². The van der Waals surface area contributed by atoms with Crippen LogP contribution in [0.15, 0.2) is 36.9 Å². The van der Waals surface area contributed by atoms with Gasteiger partial charge in [-0.05, 0) is 18.1 Å². The van der Waals surface area contributed by atoms with Crippen LogP contribution in [-0.4, -0.2) is 26.7 Å². The van der Waals surface area contributed by atoms with Crippen LogP contribution < -0.4 is 11.1 Å². The third-order valence-corrected chi connectivity index (χ3v) is 2.71. The molecule has 2 rings (SSSR count). The lowest BCUT2D eigenvalue weighted by Crippen LogP contribution is -2.37. The molecule has 0 aliphatic heterocycles. The lowest BCUT2D eigenvalue weighted by atomic mass is 10.1. The van der Waals surface area contributed by atoms with E-state index in [0.717, 1.165) is 11.1 Å². The fourth-order valence-corrected chi connectivity index (χ4v) is 1.61. The Morgan fingerprint density at radius 3 is 2.43 bits per heavy atom.